The Balaban J connectivity index is 1.77. The quantitative estimate of drug-likeness (QED) is 0.433. The third-order valence-electron chi connectivity index (χ3n) is 3.11. The average molecular weight is 379 g/mol. The number of benzene rings is 2. The number of hydrogen-bond acceptors (Lipinski definition) is 4. The highest BCUT2D eigenvalue weighted by atomic mass is 35.5. The predicted molar refractivity (Wildman–Crippen MR) is 104 cm³/mol. The van der Waals surface area contributed by atoms with E-state index in [1.54, 1.807) is 37.3 Å². The van der Waals surface area contributed by atoms with E-state index in [4.69, 9.17) is 33.3 Å². The van der Waals surface area contributed by atoms with E-state index in [1.165, 1.54) is 0 Å². The number of nitrogens with one attached hydrogen (secondary N) is 2. The Bertz CT molecular complexity index is 740. The van der Waals surface area contributed by atoms with Crippen molar-refractivity contribution in [2.24, 2.45) is 0 Å². The molecule has 0 fully saturated rings. The maximum atomic E-state index is 11.7. The second-order valence-electron chi connectivity index (χ2n) is 4.96. The number of ether oxygens (including phenoxy) is 2. The van der Waals surface area contributed by atoms with Crippen molar-refractivity contribution in [1.29, 1.82) is 0 Å². The number of halogens is 1. The highest BCUT2D eigenvalue weighted by Gasteiger charge is 2.07. The van der Waals surface area contributed by atoms with Crippen LogP contribution in [0.2, 0.25) is 5.02 Å². The summed E-state index contributed by atoms with van der Waals surface area (Å²) in [5.41, 5.74) is 1.17. The number of carbonyl (C=O) groups is 1. The molecule has 0 heterocycles. The summed E-state index contributed by atoms with van der Waals surface area (Å²) in [5.74, 6) is 0.269. The summed E-state index contributed by atoms with van der Waals surface area (Å²) in [6.45, 7) is 3.02. The Hall–Kier alpha value is -2.31. The Morgan fingerprint density at radius 3 is 2.76 bits per heavy atom. The largest absolute Gasteiger partial charge is 0.490 e. The first-order valence-electron chi connectivity index (χ1n) is 7.79. The van der Waals surface area contributed by atoms with Crippen molar-refractivity contribution in [2.45, 2.75) is 6.92 Å². The molecule has 2 N–H and O–H groups in total. The number of anilines is 1. The van der Waals surface area contributed by atoms with Crippen LogP contribution in [0.3, 0.4) is 0 Å². The second-order valence-corrected chi connectivity index (χ2v) is 5.78. The molecule has 132 valence electrons. The minimum atomic E-state index is -0.363. The first-order valence-corrected chi connectivity index (χ1v) is 8.58. The van der Waals surface area contributed by atoms with Crippen LogP contribution in [-0.4, -0.2) is 30.8 Å². The molecule has 0 bridgehead atoms. The third-order valence-corrected chi connectivity index (χ3v) is 3.67. The van der Waals surface area contributed by atoms with Gasteiger partial charge < -0.3 is 20.1 Å². The summed E-state index contributed by atoms with van der Waals surface area (Å²) in [4.78, 5) is 11.7. The van der Waals surface area contributed by atoms with Gasteiger partial charge in [0.25, 0.3) is 0 Å². The number of esters is 1. The van der Waals surface area contributed by atoms with E-state index < -0.39 is 0 Å². The first-order chi connectivity index (χ1) is 12.1. The lowest BCUT2D eigenvalue weighted by Crippen LogP contribution is -2.32. The van der Waals surface area contributed by atoms with Crippen molar-refractivity contribution in [3.05, 3.63) is 59.1 Å². The molecule has 0 atom stereocenters. The highest BCUT2D eigenvalue weighted by Crippen LogP contribution is 2.22. The highest BCUT2D eigenvalue weighted by molar-refractivity contribution is 7.80. The molecular formula is C18H19ClN2O3S. The summed E-state index contributed by atoms with van der Waals surface area (Å²) >= 11 is 11.2. The molecule has 2 aromatic rings. The topological polar surface area (TPSA) is 59.6 Å². The number of rotatable bonds is 7. The lowest BCUT2D eigenvalue weighted by molar-refractivity contribution is 0.0526. The van der Waals surface area contributed by atoms with Gasteiger partial charge in [0.15, 0.2) is 5.11 Å². The molecule has 7 heteroatoms. The normalized spacial score (nSPS) is 10.0. The predicted octanol–water partition coefficient (Wildman–Crippen LogP) is 3.88. The van der Waals surface area contributed by atoms with E-state index in [9.17, 15) is 4.79 Å². The van der Waals surface area contributed by atoms with E-state index in [0.29, 0.717) is 46.9 Å². The van der Waals surface area contributed by atoms with Gasteiger partial charge in [-0.15, -0.1) is 0 Å². The van der Waals surface area contributed by atoms with Gasteiger partial charge in [0.05, 0.1) is 23.7 Å². The molecule has 0 aliphatic rings. The fourth-order valence-corrected chi connectivity index (χ4v) is 2.41. The zero-order valence-electron chi connectivity index (χ0n) is 13.8. The standard InChI is InChI=1S/C18H19ClN2O3S/c1-2-23-17(22)13-6-5-7-14(12-13)21-18(25)20-10-11-24-16-9-4-3-8-15(16)19/h3-9,12H,2,10-11H2,1H3,(H2,20,21,25). The van der Waals surface area contributed by atoms with E-state index in [-0.39, 0.29) is 5.97 Å². The minimum Gasteiger partial charge on any atom is -0.490 e. The molecule has 2 rings (SSSR count). The fourth-order valence-electron chi connectivity index (χ4n) is 2.00. The van der Waals surface area contributed by atoms with Crippen LogP contribution in [0.15, 0.2) is 48.5 Å². The van der Waals surface area contributed by atoms with Gasteiger partial charge in [-0.05, 0) is 49.5 Å². The van der Waals surface area contributed by atoms with Gasteiger partial charge in [0, 0.05) is 5.69 Å². The molecule has 0 aliphatic carbocycles. The minimum absolute atomic E-state index is 0.335. The van der Waals surface area contributed by atoms with Crippen molar-refractivity contribution in [3.8, 4) is 5.75 Å². The number of carbonyl (C=O) groups excluding carboxylic acids is 1. The summed E-state index contributed by atoms with van der Waals surface area (Å²) < 4.78 is 10.5. The van der Waals surface area contributed by atoms with Crippen LogP contribution in [-0.2, 0) is 4.74 Å². The smallest absolute Gasteiger partial charge is 0.338 e. The molecule has 25 heavy (non-hydrogen) atoms. The summed E-state index contributed by atoms with van der Waals surface area (Å²) in [6, 6.07) is 14.2. The van der Waals surface area contributed by atoms with Gasteiger partial charge in [0.1, 0.15) is 12.4 Å². The molecule has 2 aromatic carbocycles. The second kappa shape index (κ2) is 9.86. The Morgan fingerprint density at radius 1 is 1.20 bits per heavy atom. The lowest BCUT2D eigenvalue weighted by Gasteiger charge is -2.12. The van der Waals surface area contributed by atoms with Gasteiger partial charge in [-0.3, -0.25) is 0 Å². The molecule has 0 amide bonds. The molecule has 0 spiro atoms. The van der Waals surface area contributed by atoms with Crippen molar-refractivity contribution >= 4 is 40.6 Å². The van der Waals surface area contributed by atoms with Crippen molar-refractivity contribution in [1.82, 2.24) is 5.32 Å². The summed E-state index contributed by atoms with van der Waals surface area (Å²) in [6.07, 6.45) is 0. The Kier molecular flexibility index (Phi) is 7.50. The first kappa shape index (κ1) is 19.0. The van der Waals surface area contributed by atoms with Gasteiger partial charge in [-0.25, -0.2) is 4.79 Å². The number of thiocarbonyl (C=S) groups is 1. The third kappa shape index (κ3) is 6.25. The van der Waals surface area contributed by atoms with Crippen LogP contribution < -0.4 is 15.4 Å². The zero-order chi connectivity index (χ0) is 18.1. The van der Waals surface area contributed by atoms with Gasteiger partial charge in [0.2, 0.25) is 0 Å². The average Bonchev–Trinajstić information content (AvgIpc) is 2.60. The van der Waals surface area contributed by atoms with Crippen LogP contribution in [0.4, 0.5) is 5.69 Å². The maximum Gasteiger partial charge on any atom is 0.338 e. The van der Waals surface area contributed by atoms with Crippen LogP contribution >= 0.6 is 23.8 Å². The van der Waals surface area contributed by atoms with Crippen LogP contribution in [0.25, 0.3) is 0 Å². The summed E-state index contributed by atoms with van der Waals surface area (Å²) in [7, 11) is 0. The molecular weight excluding hydrogens is 360 g/mol. The Morgan fingerprint density at radius 2 is 2.00 bits per heavy atom. The monoisotopic (exact) mass is 378 g/mol. The van der Waals surface area contributed by atoms with Gasteiger partial charge in [-0.1, -0.05) is 29.8 Å². The van der Waals surface area contributed by atoms with Crippen molar-refractivity contribution < 1.29 is 14.3 Å². The van der Waals surface area contributed by atoms with E-state index in [2.05, 4.69) is 10.6 Å². The zero-order valence-corrected chi connectivity index (χ0v) is 15.3. The lowest BCUT2D eigenvalue weighted by atomic mass is 10.2. The molecule has 0 unspecified atom stereocenters. The van der Waals surface area contributed by atoms with Crippen LogP contribution in [0, 0.1) is 0 Å². The molecule has 5 nitrogen and oxygen atoms in total. The molecule has 0 radical (unpaired) electrons. The van der Waals surface area contributed by atoms with Gasteiger partial charge in [-0.2, -0.15) is 0 Å². The van der Waals surface area contributed by atoms with E-state index in [1.807, 2.05) is 18.2 Å². The fraction of sp³-hybridized carbons (Fsp3) is 0.222. The van der Waals surface area contributed by atoms with Gasteiger partial charge >= 0.3 is 5.97 Å². The molecule has 0 aliphatic heterocycles. The maximum absolute atomic E-state index is 11.7. The van der Waals surface area contributed by atoms with Crippen molar-refractivity contribution in [3.63, 3.8) is 0 Å². The van der Waals surface area contributed by atoms with Crippen LogP contribution in [0.1, 0.15) is 17.3 Å². The Labute approximate surface area is 157 Å². The van der Waals surface area contributed by atoms with Crippen molar-refractivity contribution in [2.75, 3.05) is 25.1 Å². The van der Waals surface area contributed by atoms with E-state index >= 15 is 0 Å². The molecule has 0 saturated heterocycles. The molecule has 0 aromatic heterocycles. The summed E-state index contributed by atoms with van der Waals surface area (Å²) in [5, 5.41) is 7.05. The molecule has 0 saturated carbocycles. The number of hydrogen-bond donors (Lipinski definition) is 2. The van der Waals surface area contributed by atoms with Crippen LogP contribution in [0.5, 0.6) is 5.75 Å². The van der Waals surface area contributed by atoms with E-state index in [0.717, 1.165) is 0 Å². The SMILES string of the molecule is CCOC(=O)c1cccc(NC(=S)NCCOc2ccccc2Cl)c1. The number of para-hydroxylation sites is 1.